The first-order chi connectivity index (χ1) is 20.0. The van der Waals surface area contributed by atoms with E-state index in [-0.39, 0.29) is 17.9 Å². The molecular weight excluding hydrogens is 516 g/mol. The summed E-state index contributed by atoms with van der Waals surface area (Å²) >= 11 is 0. The molecule has 2 N–H and O–H groups in total. The molecule has 1 heterocycles. The summed E-state index contributed by atoms with van der Waals surface area (Å²) < 4.78 is 23.8. The molecule has 1 aromatic heterocycles. The van der Waals surface area contributed by atoms with E-state index in [0.29, 0.717) is 59.3 Å². The molecule has 0 aliphatic heterocycles. The number of aromatic nitrogens is 1. The van der Waals surface area contributed by atoms with E-state index in [0.717, 1.165) is 23.8 Å². The highest BCUT2D eigenvalue weighted by Crippen LogP contribution is 2.37. The number of hydrogen-bond acceptors (Lipinski definition) is 7. The van der Waals surface area contributed by atoms with Crippen LogP contribution in [0.1, 0.15) is 48.0 Å². The molecule has 41 heavy (non-hydrogen) atoms. The van der Waals surface area contributed by atoms with Crippen molar-refractivity contribution in [1.82, 2.24) is 4.98 Å². The highest BCUT2D eigenvalue weighted by atomic mass is 16.5. The number of nitrogens with two attached hydrogens (primary N) is 1. The Labute approximate surface area is 240 Å². The Morgan fingerprint density at radius 3 is 2.49 bits per heavy atom. The summed E-state index contributed by atoms with van der Waals surface area (Å²) in [4.78, 5) is 17.1. The van der Waals surface area contributed by atoms with Gasteiger partial charge in [0.05, 0.1) is 31.4 Å². The lowest BCUT2D eigenvalue weighted by molar-refractivity contribution is 0.0993. The molecule has 5 rings (SSSR count). The normalized spacial score (nSPS) is 14.0. The molecule has 0 unspecified atom stereocenters. The van der Waals surface area contributed by atoms with E-state index in [2.05, 4.69) is 11.6 Å². The van der Waals surface area contributed by atoms with Crippen molar-refractivity contribution in [2.24, 2.45) is 5.73 Å². The van der Waals surface area contributed by atoms with Crippen LogP contribution < -0.4 is 19.9 Å². The molecule has 1 atom stereocenters. The lowest BCUT2D eigenvalue weighted by Gasteiger charge is -2.20. The highest BCUT2D eigenvalue weighted by molar-refractivity contribution is 5.97. The zero-order chi connectivity index (χ0) is 28.6. The van der Waals surface area contributed by atoms with Gasteiger partial charge in [-0.05, 0) is 55.5 Å². The second kappa shape index (κ2) is 13.3. The van der Waals surface area contributed by atoms with Gasteiger partial charge in [-0.1, -0.05) is 49.0 Å². The molecule has 0 spiro atoms. The van der Waals surface area contributed by atoms with Gasteiger partial charge in [0.25, 0.3) is 0 Å². The van der Waals surface area contributed by atoms with Gasteiger partial charge in [0.15, 0.2) is 17.3 Å². The third-order valence-electron chi connectivity index (χ3n) is 7.32. The number of methoxy groups -OCH3 is 1. The maximum Gasteiger partial charge on any atom is 0.167 e. The second-order valence-electron chi connectivity index (χ2n) is 10.3. The van der Waals surface area contributed by atoms with E-state index in [9.17, 15) is 4.79 Å². The molecule has 7 nitrogen and oxygen atoms in total. The minimum atomic E-state index is -0.303. The van der Waals surface area contributed by atoms with Crippen LogP contribution in [-0.2, 0) is 11.2 Å². The van der Waals surface area contributed by atoms with Gasteiger partial charge in [-0.25, -0.2) is 0 Å². The van der Waals surface area contributed by atoms with Crippen LogP contribution in [0, 0.1) is 0 Å². The molecule has 212 valence electrons. The monoisotopic (exact) mass is 552 g/mol. The van der Waals surface area contributed by atoms with Gasteiger partial charge >= 0.3 is 0 Å². The number of ketones is 1. The lowest BCUT2D eigenvalue weighted by atomic mass is 10.0. The summed E-state index contributed by atoms with van der Waals surface area (Å²) in [6, 6.07) is 22.1. The number of ether oxygens (including phenoxy) is 4. The number of fused-ring (bicyclic) bond motifs is 1. The molecule has 1 fully saturated rings. The third-order valence-corrected chi connectivity index (χ3v) is 7.32. The highest BCUT2D eigenvalue weighted by Gasteiger charge is 2.20. The van der Waals surface area contributed by atoms with Gasteiger partial charge in [-0.3, -0.25) is 9.78 Å². The Hall–Kier alpha value is -4.36. The van der Waals surface area contributed by atoms with Crippen LogP contribution in [0.3, 0.4) is 0 Å². The minimum Gasteiger partial charge on any atom is -0.494 e. The molecule has 4 aromatic rings. The molecule has 7 heteroatoms. The van der Waals surface area contributed by atoms with Crippen LogP contribution in [0.15, 0.2) is 91.3 Å². The van der Waals surface area contributed by atoms with Gasteiger partial charge in [-0.15, -0.1) is 0 Å². The number of Topliss-reactive ketones (excluding diaryl/α,β-unsaturated/α-hetero) is 1. The Bertz CT molecular complexity index is 1480. The second-order valence-corrected chi connectivity index (χ2v) is 10.3. The Kier molecular flexibility index (Phi) is 9.16. The standard InChI is InChI=1S/C34H36N2O5/c1-23(40-26-10-6-7-11-26)29(35)17-19-39-34-22-30-28(21-33(34)38-2)32(16-18-36-30)41-27-14-12-24(13-15-27)20-31(37)25-8-4-3-5-9-25/h3-5,8-9,12-16,18,21-22,26,29H,1,6-7,10-11,17,19-20,35H2,2H3/t29-/m0/s1. The summed E-state index contributed by atoms with van der Waals surface area (Å²) in [5.41, 5.74) is 8.62. The molecular formula is C34H36N2O5. The fourth-order valence-electron chi connectivity index (χ4n) is 4.97. The lowest BCUT2D eigenvalue weighted by Crippen LogP contribution is -2.28. The molecule has 0 saturated heterocycles. The van der Waals surface area contributed by atoms with E-state index in [1.165, 1.54) is 12.8 Å². The van der Waals surface area contributed by atoms with Crippen LogP contribution in [0.2, 0.25) is 0 Å². The summed E-state index contributed by atoms with van der Waals surface area (Å²) in [5, 5.41) is 0.787. The molecule has 0 bridgehead atoms. The molecule has 1 aliphatic rings. The van der Waals surface area contributed by atoms with Crippen molar-refractivity contribution in [3.8, 4) is 23.0 Å². The largest absolute Gasteiger partial charge is 0.494 e. The summed E-state index contributed by atoms with van der Waals surface area (Å²) in [5.74, 6) is 3.13. The van der Waals surface area contributed by atoms with Crippen LogP contribution >= 0.6 is 0 Å². The van der Waals surface area contributed by atoms with Gasteiger partial charge in [0.1, 0.15) is 17.3 Å². The first-order valence-corrected chi connectivity index (χ1v) is 14.1. The third kappa shape index (κ3) is 7.24. The summed E-state index contributed by atoms with van der Waals surface area (Å²) in [7, 11) is 1.60. The minimum absolute atomic E-state index is 0.0776. The van der Waals surface area contributed by atoms with E-state index >= 15 is 0 Å². The number of carbonyl (C=O) groups excluding carboxylic acids is 1. The van der Waals surface area contributed by atoms with Gasteiger partial charge in [0.2, 0.25) is 0 Å². The van der Waals surface area contributed by atoms with E-state index in [1.54, 1.807) is 13.3 Å². The van der Waals surface area contributed by atoms with Crippen LogP contribution in [0.5, 0.6) is 23.0 Å². The zero-order valence-corrected chi connectivity index (χ0v) is 23.4. The first kappa shape index (κ1) is 28.2. The average Bonchev–Trinajstić information content (AvgIpc) is 3.51. The smallest absolute Gasteiger partial charge is 0.167 e. The number of benzene rings is 3. The molecule has 3 aromatic carbocycles. The van der Waals surface area contributed by atoms with Crippen molar-refractivity contribution in [3.63, 3.8) is 0 Å². The first-order valence-electron chi connectivity index (χ1n) is 14.1. The zero-order valence-electron chi connectivity index (χ0n) is 23.4. The van der Waals surface area contributed by atoms with E-state index in [1.807, 2.05) is 72.8 Å². The predicted octanol–water partition coefficient (Wildman–Crippen LogP) is 7.03. The van der Waals surface area contributed by atoms with Crippen molar-refractivity contribution >= 4 is 16.7 Å². The Balaban J connectivity index is 1.22. The van der Waals surface area contributed by atoms with Crippen LogP contribution in [-0.4, -0.2) is 36.6 Å². The van der Waals surface area contributed by atoms with E-state index < -0.39 is 0 Å². The summed E-state index contributed by atoms with van der Waals surface area (Å²) in [6.07, 6.45) is 7.35. The topological polar surface area (TPSA) is 92.9 Å². The quantitative estimate of drug-likeness (QED) is 0.141. The van der Waals surface area contributed by atoms with Gasteiger partial charge in [0, 0.05) is 36.1 Å². The number of carbonyl (C=O) groups is 1. The van der Waals surface area contributed by atoms with Gasteiger partial charge < -0.3 is 24.7 Å². The predicted molar refractivity (Wildman–Crippen MR) is 160 cm³/mol. The van der Waals surface area contributed by atoms with Crippen LogP contribution in [0.25, 0.3) is 10.9 Å². The number of rotatable bonds is 13. The number of pyridine rings is 1. The van der Waals surface area contributed by atoms with Gasteiger partial charge in [-0.2, -0.15) is 0 Å². The Morgan fingerprint density at radius 1 is 1.00 bits per heavy atom. The fraction of sp³-hybridized carbons (Fsp3) is 0.294. The fourth-order valence-corrected chi connectivity index (χ4v) is 4.97. The summed E-state index contributed by atoms with van der Waals surface area (Å²) in [6.45, 7) is 4.41. The molecule has 1 saturated carbocycles. The molecule has 1 aliphatic carbocycles. The van der Waals surface area contributed by atoms with E-state index in [4.69, 9.17) is 24.7 Å². The number of hydrogen-bond donors (Lipinski definition) is 1. The maximum absolute atomic E-state index is 12.5. The molecule has 0 radical (unpaired) electrons. The average molecular weight is 553 g/mol. The number of nitrogens with zero attached hydrogens (tertiary/aromatic N) is 1. The molecule has 0 amide bonds. The maximum atomic E-state index is 12.5. The van der Waals surface area contributed by atoms with Crippen molar-refractivity contribution < 1.29 is 23.7 Å². The van der Waals surface area contributed by atoms with Crippen LogP contribution in [0.4, 0.5) is 0 Å². The van der Waals surface area contributed by atoms with Crippen molar-refractivity contribution in [2.75, 3.05) is 13.7 Å². The SMILES string of the molecule is C=C(OC1CCCC1)[C@@H](N)CCOc1cc2nccc(Oc3ccc(CC(=O)c4ccccc4)cc3)c2cc1OC. The van der Waals surface area contributed by atoms with Crippen molar-refractivity contribution in [1.29, 1.82) is 0 Å². The van der Waals surface area contributed by atoms with Crippen molar-refractivity contribution in [3.05, 3.63) is 102 Å². The Morgan fingerprint density at radius 2 is 1.76 bits per heavy atom. The van der Waals surface area contributed by atoms with Crippen molar-refractivity contribution in [2.45, 2.75) is 50.7 Å².